The molecule has 2 aromatic carbocycles. The average Bonchev–Trinajstić information content (AvgIpc) is 3.27. The number of hydrogen-bond donors (Lipinski definition) is 2. The number of aliphatic hydroxyl groups excluding tert-OH is 1. The summed E-state index contributed by atoms with van der Waals surface area (Å²) in [5, 5.41) is 12.7. The third-order valence-corrected chi connectivity index (χ3v) is 6.94. The van der Waals surface area contributed by atoms with E-state index < -0.39 is 6.29 Å². The Morgan fingerprint density at radius 3 is 2.74 bits per heavy atom. The highest BCUT2D eigenvalue weighted by atomic mass is 32.1. The van der Waals surface area contributed by atoms with E-state index in [0.29, 0.717) is 31.2 Å². The van der Waals surface area contributed by atoms with Crippen LogP contribution in [0, 0.1) is 18.8 Å². The van der Waals surface area contributed by atoms with E-state index >= 15 is 0 Å². The second kappa shape index (κ2) is 11.8. The summed E-state index contributed by atoms with van der Waals surface area (Å²) in [6.07, 6.45) is 2.04. The predicted octanol–water partition coefficient (Wildman–Crippen LogP) is 5.14. The summed E-state index contributed by atoms with van der Waals surface area (Å²) >= 11 is 1.66. The van der Waals surface area contributed by atoms with E-state index in [1.54, 1.807) is 11.3 Å². The fourth-order valence-corrected chi connectivity index (χ4v) is 4.93. The summed E-state index contributed by atoms with van der Waals surface area (Å²) in [5.74, 6) is 0.471. The third-order valence-electron chi connectivity index (χ3n) is 5.87. The van der Waals surface area contributed by atoms with E-state index in [2.05, 4.69) is 38.2 Å². The van der Waals surface area contributed by atoms with Gasteiger partial charge in [0.15, 0.2) is 5.76 Å². The van der Waals surface area contributed by atoms with E-state index in [1.165, 1.54) is 5.56 Å². The molecule has 1 aliphatic heterocycles. The number of benzene rings is 2. The van der Waals surface area contributed by atoms with Crippen molar-refractivity contribution in [2.75, 3.05) is 31.7 Å². The Hall–Kier alpha value is -2.78. The Morgan fingerprint density at radius 1 is 1.20 bits per heavy atom. The van der Waals surface area contributed by atoms with Crippen molar-refractivity contribution in [1.82, 2.24) is 4.98 Å². The minimum absolute atomic E-state index is 0.0241. The number of hydrogen-bond acceptors (Lipinski definition) is 7. The third kappa shape index (κ3) is 6.67. The number of allylic oxidation sites excluding steroid dienone is 1. The summed E-state index contributed by atoms with van der Waals surface area (Å²) in [6.45, 7) is 7.25. The number of amides is 1. The molecule has 8 heteroatoms. The highest BCUT2D eigenvalue weighted by Crippen LogP contribution is 2.32. The van der Waals surface area contributed by atoms with Crippen molar-refractivity contribution in [3.8, 4) is 10.6 Å². The molecule has 0 saturated carbocycles. The van der Waals surface area contributed by atoms with Gasteiger partial charge in [0.2, 0.25) is 6.29 Å². The van der Waals surface area contributed by atoms with Gasteiger partial charge < -0.3 is 24.6 Å². The van der Waals surface area contributed by atoms with Gasteiger partial charge in [0.25, 0.3) is 5.91 Å². The van der Waals surface area contributed by atoms with Crippen LogP contribution in [0.1, 0.15) is 25.8 Å². The molecule has 3 aromatic rings. The summed E-state index contributed by atoms with van der Waals surface area (Å²) in [5.41, 5.74) is 3.90. The van der Waals surface area contributed by atoms with Gasteiger partial charge >= 0.3 is 0 Å². The van der Waals surface area contributed by atoms with Crippen LogP contribution in [0.3, 0.4) is 0 Å². The van der Waals surface area contributed by atoms with Crippen molar-refractivity contribution in [3.05, 3.63) is 59.9 Å². The van der Waals surface area contributed by atoms with Crippen LogP contribution >= 0.6 is 11.3 Å². The van der Waals surface area contributed by atoms with E-state index in [-0.39, 0.29) is 30.8 Å². The lowest BCUT2D eigenvalue weighted by molar-refractivity contribution is -0.153. The number of thiazole rings is 1. The van der Waals surface area contributed by atoms with Crippen molar-refractivity contribution < 1.29 is 24.1 Å². The molecule has 0 fully saturated rings. The van der Waals surface area contributed by atoms with E-state index in [9.17, 15) is 4.79 Å². The first-order valence-electron chi connectivity index (χ1n) is 11.9. The molecular formula is C27H32N2O5S. The highest BCUT2D eigenvalue weighted by Gasteiger charge is 2.29. The van der Waals surface area contributed by atoms with Gasteiger partial charge in [-0.3, -0.25) is 4.79 Å². The maximum atomic E-state index is 13.0. The fourth-order valence-electron chi connectivity index (χ4n) is 3.86. The Kier molecular flexibility index (Phi) is 8.51. The quantitative estimate of drug-likeness (QED) is 0.378. The van der Waals surface area contributed by atoms with Crippen LogP contribution in [0.25, 0.3) is 20.8 Å². The number of nitrogens with one attached hydrogen (secondary N) is 1. The molecule has 2 atom stereocenters. The minimum Gasteiger partial charge on any atom is -0.459 e. The largest absolute Gasteiger partial charge is 0.459 e. The molecular weight excluding hydrogens is 464 g/mol. The predicted molar refractivity (Wildman–Crippen MR) is 138 cm³/mol. The fraction of sp³-hybridized carbons (Fsp3) is 0.407. The van der Waals surface area contributed by atoms with E-state index in [0.717, 1.165) is 20.8 Å². The highest BCUT2D eigenvalue weighted by molar-refractivity contribution is 7.21. The molecule has 0 saturated heterocycles. The average molecular weight is 497 g/mol. The van der Waals surface area contributed by atoms with Gasteiger partial charge in [0.1, 0.15) is 5.01 Å². The van der Waals surface area contributed by atoms with Gasteiger partial charge in [0.05, 0.1) is 36.6 Å². The first-order chi connectivity index (χ1) is 16.9. The number of carbonyl (C=O) groups is 1. The molecule has 35 heavy (non-hydrogen) atoms. The number of aromatic nitrogens is 1. The van der Waals surface area contributed by atoms with E-state index in [4.69, 9.17) is 24.3 Å². The Morgan fingerprint density at radius 2 is 2.00 bits per heavy atom. The van der Waals surface area contributed by atoms with Gasteiger partial charge in [-0.25, -0.2) is 4.98 Å². The maximum Gasteiger partial charge on any atom is 0.290 e. The summed E-state index contributed by atoms with van der Waals surface area (Å²) in [6, 6.07) is 13.9. The molecule has 4 rings (SSSR count). The summed E-state index contributed by atoms with van der Waals surface area (Å²) < 4.78 is 18.0. The molecule has 0 bridgehead atoms. The zero-order valence-electron chi connectivity index (χ0n) is 20.3. The van der Waals surface area contributed by atoms with Gasteiger partial charge in [-0.15, -0.1) is 11.3 Å². The second-order valence-electron chi connectivity index (χ2n) is 8.95. The molecule has 2 N–H and O–H groups in total. The molecule has 0 aliphatic carbocycles. The standard InChI is InChI=1S/C27H32N2O5S/c1-17(2)20-15-23(34-25(16-20)33-13-12-32-11-10-30)26(31)28-21-7-5-19(6-8-21)27-29-22-9-4-18(3)14-24(22)35-27/h4-9,14-15,17,20,25,30H,10-13,16H2,1-3H3,(H,28,31)/t20-,25+/m0/s1. The molecule has 0 radical (unpaired) electrons. The van der Waals surface area contributed by atoms with E-state index in [1.807, 2.05) is 36.4 Å². The first kappa shape index (κ1) is 25.3. The number of ether oxygens (including phenoxy) is 3. The van der Waals surface area contributed by atoms with Crippen LogP contribution in [-0.2, 0) is 19.0 Å². The zero-order chi connectivity index (χ0) is 24.8. The molecule has 1 aromatic heterocycles. The Balaban J connectivity index is 1.39. The molecule has 186 valence electrons. The van der Waals surface area contributed by atoms with Crippen molar-refractivity contribution in [1.29, 1.82) is 0 Å². The van der Waals surface area contributed by atoms with Crippen LogP contribution < -0.4 is 5.32 Å². The smallest absolute Gasteiger partial charge is 0.290 e. The number of fused-ring (bicyclic) bond motifs is 1. The zero-order valence-corrected chi connectivity index (χ0v) is 21.1. The normalized spacial score (nSPS) is 17.9. The number of anilines is 1. The topological polar surface area (TPSA) is 89.9 Å². The first-order valence-corrected chi connectivity index (χ1v) is 12.7. The lowest BCUT2D eigenvalue weighted by Gasteiger charge is -2.30. The van der Waals surface area contributed by atoms with Gasteiger partial charge in [-0.1, -0.05) is 19.9 Å². The number of aliphatic hydroxyl groups is 1. The number of aryl methyl sites for hydroxylation is 1. The summed E-state index contributed by atoms with van der Waals surface area (Å²) in [4.78, 5) is 17.7. The van der Waals surface area contributed by atoms with Gasteiger partial charge in [-0.2, -0.15) is 0 Å². The van der Waals surface area contributed by atoms with Crippen LogP contribution in [0.2, 0.25) is 0 Å². The van der Waals surface area contributed by atoms with Crippen LogP contribution in [0.15, 0.2) is 54.3 Å². The van der Waals surface area contributed by atoms with Crippen molar-refractivity contribution in [2.45, 2.75) is 33.5 Å². The molecule has 0 unspecified atom stereocenters. The van der Waals surface area contributed by atoms with Gasteiger partial charge in [0, 0.05) is 17.7 Å². The lowest BCUT2D eigenvalue weighted by Crippen LogP contribution is -2.32. The van der Waals surface area contributed by atoms with Crippen molar-refractivity contribution >= 4 is 33.1 Å². The number of carbonyl (C=O) groups excluding carboxylic acids is 1. The van der Waals surface area contributed by atoms with Crippen molar-refractivity contribution in [3.63, 3.8) is 0 Å². The van der Waals surface area contributed by atoms with Gasteiger partial charge in [-0.05, 0) is 66.8 Å². The number of nitrogens with zero attached hydrogens (tertiary/aromatic N) is 1. The molecule has 1 aliphatic rings. The molecule has 7 nitrogen and oxygen atoms in total. The maximum absolute atomic E-state index is 13.0. The minimum atomic E-state index is -0.518. The Bertz CT molecular complexity index is 1170. The van der Waals surface area contributed by atoms with Crippen LogP contribution in [0.4, 0.5) is 5.69 Å². The lowest BCUT2D eigenvalue weighted by atomic mass is 9.90. The van der Waals surface area contributed by atoms with Crippen molar-refractivity contribution in [2.24, 2.45) is 11.8 Å². The molecule has 0 spiro atoms. The second-order valence-corrected chi connectivity index (χ2v) is 9.98. The molecule has 1 amide bonds. The monoisotopic (exact) mass is 496 g/mol. The van der Waals surface area contributed by atoms with Crippen LogP contribution in [0.5, 0.6) is 0 Å². The molecule has 2 heterocycles. The summed E-state index contributed by atoms with van der Waals surface area (Å²) in [7, 11) is 0. The SMILES string of the molecule is Cc1ccc2nc(-c3ccc(NC(=O)C4=C[C@H](C(C)C)C[C@H](OCCOCCO)O4)cc3)sc2c1. The Labute approximate surface area is 209 Å². The van der Waals surface area contributed by atoms with Crippen LogP contribution in [-0.4, -0.2) is 48.7 Å². The number of rotatable bonds is 10.